The molecule has 4 heteroatoms. The Balaban J connectivity index is 1.98. The van der Waals surface area contributed by atoms with E-state index in [-0.39, 0.29) is 5.91 Å². The summed E-state index contributed by atoms with van der Waals surface area (Å²) in [7, 11) is 0. The van der Waals surface area contributed by atoms with Crippen molar-refractivity contribution in [2.45, 2.75) is 27.3 Å². The maximum atomic E-state index is 11.5. The first-order valence-electron chi connectivity index (χ1n) is 6.49. The molecule has 0 radical (unpaired) electrons. The molecule has 0 bridgehead atoms. The molecule has 1 heterocycles. The summed E-state index contributed by atoms with van der Waals surface area (Å²) in [6.45, 7) is 6.36. The Morgan fingerprint density at radius 3 is 2.55 bits per heavy atom. The molecule has 3 nitrogen and oxygen atoms in total. The predicted molar refractivity (Wildman–Crippen MR) is 83.6 cm³/mol. The van der Waals surface area contributed by atoms with Crippen LogP contribution in [0.25, 0.3) is 11.3 Å². The van der Waals surface area contributed by atoms with Gasteiger partial charge in [-0.15, -0.1) is 11.3 Å². The number of aromatic nitrogens is 1. The zero-order valence-electron chi connectivity index (χ0n) is 11.9. The molecular formula is C16H18N2OS. The predicted octanol–water partition coefficient (Wildman–Crippen LogP) is 3.70. The van der Waals surface area contributed by atoms with Crippen molar-refractivity contribution in [2.24, 2.45) is 0 Å². The number of aryl methyl sites for hydroxylation is 1. The third-order valence-electron chi connectivity index (χ3n) is 2.76. The van der Waals surface area contributed by atoms with Gasteiger partial charge in [-0.2, -0.15) is 0 Å². The Bertz CT molecular complexity index is 622. The molecule has 0 saturated heterocycles. The number of hydrogen-bond acceptors (Lipinski definition) is 3. The summed E-state index contributed by atoms with van der Waals surface area (Å²) in [5, 5.41) is 5.99. The average molecular weight is 286 g/mol. The lowest BCUT2D eigenvalue weighted by atomic mass is 10.1. The third kappa shape index (κ3) is 4.03. The maximum absolute atomic E-state index is 11.5. The number of amides is 1. The van der Waals surface area contributed by atoms with Crippen LogP contribution in [-0.2, 0) is 11.3 Å². The third-order valence-corrected chi connectivity index (χ3v) is 3.53. The molecule has 1 N–H and O–H groups in total. The van der Waals surface area contributed by atoms with Crippen molar-refractivity contribution in [1.82, 2.24) is 10.3 Å². The van der Waals surface area contributed by atoms with Crippen LogP contribution in [0, 0.1) is 6.92 Å². The summed E-state index contributed by atoms with van der Waals surface area (Å²) in [4.78, 5) is 16.0. The topological polar surface area (TPSA) is 42.0 Å². The molecule has 20 heavy (non-hydrogen) atoms. The van der Waals surface area contributed by atoms with Crippen LogP contribution in [0.3, 0.4) is 0 Å². The summed E-state index contributed by atoms with van der Waals surface area (Å²) in [6, 6.07) is 8.12. The Morgan fingerprint density at radius 2 is 2.00 bits per heavy atom. The summed E-state index contributed by atoms with van der Waals surface area (Å²) >= 11 is 1.65. The molecule has 0 aliphatic carbocycles. The van der Waals surface area contributed by atoms with Crippen molar-refractivity contribution in [3.05, 3.63) is 51.9 Å². The summed E-state index contributed by atoms with van der Waals surface area (Å²) in [5.41, 5.74) is 4.19. The second-order valence-electron chi connectivity index (χ2n) is 4.89. The van der Waals surface area contributed by atoms with Gasteiger partial charge in [0.25, 0.3) is 0 Å². The first-order valence-corrected chi connectivity index (χ1v) is 7.37. The molecule has 2 aromatic rings. The zero-order chi connectivity index (χ0) is 14.5. The molecule has 1 aromatic carbocycles. The number of nitrogens with zero attached hydrogens (tertiary/aromatic N) is 1. The molecule has 0 spiro atoms. The van der Waals surface area contributed by atoms with Crippen LogP contribution in [0.5, 0.6) is 0 Å². The van der Waals surface area contributed by atoms with Gasteiger partial charge in [0, 0.05) is 23.6 Å². The fourth-order valence-electron chi connectivity index (χ4n) is 1.79. The van der Waals surface area contributed by atoms with Crippen LogP contribution in [0.4, 0.5) is 0 Å². The monoisotopic (exact) mass is 286 g/mol. The molecule has 0 saturated carbocycles. The SMILES string of the molecule is CC(C)=CC(=O)NCc1ccc(-c2csc(C)n2)cc1. The molecule has 0 aliphatic heterocycles. The van der Waals surface area contributed by atoms with E-state index in [9.17, 15) is 4.79 Å². The highest BCUT2D eigenvalue weighted by Crippen LogP contribution is 2.21. The standard InChI is InChI=1S/C16H18N2OS/c1-11(2)8-16(19)17-9-13-4-6-14(7-5-13)15-10-20-12(3)18-15/h4-8,10H,9H2,1-3H3,(H,17,19). The second kappa shape index (κ2) is 6.48. The lowest BCUT2D eigenvalue weighted by Gasteiger charge is -2.04. The smallest absolute Gasteiger partial charge is 0.244 e. The van der Waals surface area contributed by atoms with Gasteiger partial charge in [-0.1, -0.05) is 29.8 Å². The number of benzene rings is 1. The first kappa shape index (κ1) is 14.5. The maximum Gasteiger partial charge on any atom is 0.244 e. The second-order valence-corrected chi connectivity index (χ2v) is 5.95. The van der Waals surface area contributed by atoms with E-state index in [1.54, 1.807) is 17.4 Å². The fourth-order valence-corrected chi connectivity index (χ4v) is 2.41. The van der Waals surface area contributed by atoms with Crippen molar-refractivity contribution >= 4 is 17.2 Å². The highest BCUT2D eigenvalue weighted by atomic mass is 32.1. The van der Waals surface area contributed by atoms with Gasteiger partial charge in [0.1, 0.15) is 0 Å². The minimum atomic E-state index is -0.0517. The molecule has 104 valence electrons. The quantitative estimate of drug-likeness (QED) is 0.871. The van der Waals surface area contributed by atoms with E-state index in [0.29, 0.717) is 6.54 Å². The number of allylic oxidation sites excluding steroid dienone is 1. The van der Waals surface area contributed by atoms with Crippen LogP contribution >= 0.6 is 11.3 Å². The molecule has 0 unspecified atom stereocenters. The molecule has 0 fully saturated rings. The Labute approximate surface area is 123 Å². The number of thiazole rings is 1. The van der Waals surface area contributed by atoms with E-state index in [1.807, 2.05) is 45.0 Å². The molecule has 2 rings (SSSR count). The first-order chi connectivity index (χ1) is 9.54. The van der Waals surface area contributed by atoms with E-state index < -0.39 is 0 Å². The lowest BCUT2D eigenvalue weighted by Crippen LogP contribution is -2.20. The Hall–Kier alpha value is -1.94. The van der Waals surface area contributed by atoms with E-state index in [1.165, 1.54) is 0 Å². The van der Waals surface area contributed by atoms with E-state index in [4.69, 9.17) is 0 Å². The van der Waals surface area contributed by atoms with Crippen LogP contribution < -0.4 is 5.32 Å². The van der Waals surface area contributed by atoms with E-state index in [0.717, 1.165) is 27.4 Å². The Kier molecular flexibility index (Phi) is 4.69. The minimum Gasteiger partial charge on any atom is -0.348 e. The van der Waals surface area contributed by atoms with Crippen molar-refractivity contribution in [1.29, 1.82) is 0 Å². The highest BCUT2D eigenvalue weighted by Gasteiger charge is 2.02. The van der Waals surface area contributed by atoms with Gasteiger partial charge in [0.05, 0.1) is 10.7 Å². The van der Waals surface area contributed by atoms with Gasteiger partial charge < -0.3 is 5.32 Å². The normalized spacial score (nSPS) is 10.2. The highest BCUT2D eigenvalue weighted by molar-refractivity contribution is 7.09. The molecule has 1 aromatic heterocycles. The van der Waals surface area contributed by atoms with Crippen molar-refractivity contribution in [2.75, 3.05) is 0 Å². The number of hydrogen-bond donors (Lipinski definition) is 1. The molecule has 0 aliphatic rings. The molecule has 0 atom stereocenters. The average Bonchev–Trinajstić information content (AvgIpc) is 2.83. The van der Waals surface area contributed by atoms with Crippen LogP contribution in [0.1, 0.15) is 24.4 Å². The van der Waals surface area contributed by atoms with Gasteiger partial charge in [-0.25, -0.2) is 4.98 Å². The van der Waals surface area contributed by atoms with Gasteiger partial charge in [-0.3, -0.25) is 4.79 Å². The molecular weight excluding hydrogens is 268 g/mol. The number of carbonyl (C=O) groups is 1. The van der Waals surface area contributed by atoms with Gasteiger partial charge in [0.15, 0.2) is 0 Å². The van der Waals surface area contributed by atoms with Crippen LogP contribution in [-0.4, -0.2) is 10.9 Å². The van der Waals surface area contributed by atoms with Crippen LogP contribution in [0.15, 0.2) is 41.3 Å². The van der Waals surface area contributed by atoms with Crippen molar-refractivity contribution in [3.63, 3.8) is 0 Å². The summed E-state index contributed by atoms with van der Waals surface area (Å²) in [6.07, 6.45) is 1.60. The molecule has 1 amide bonds. The minimum absolute atomic E-state index is 0.0517. The van der Waals surface area contributed by atoms with E-state index in [2.05, 4.69) is 15.7 Å². The summed E-state index contributed by atoms with van der Waals surface area (Å²) in [5.74, 6) is -0.0517. The number of nitrogens with one attached hydrogen (secondary N) is 1. The van der Waals surface area contributed by atoms with Gasteiger partial charge in [-0.05, 0) is 26.3 Å². The fraction of sp³-hybridized carbons (Fsp3) is 0.250. The largest absolute Gasteiger partial charge is 0.348 e. The van der Waals surface area contributed by atoms with Crippen molar-refractivity contribution < 1.29 is 4.79 Å². The Morgan fingerprint density at radius 1 is 1.30 bits per heavy atom. The van der Waals surface area contributed by atoms with Gasteiger partial charge in [0.2, 0.25) is 5.91 Å². The van der Waals surface area contributed by atoms with Crippen LogP contribution in [0.2, 0.25) is 0 Å². The number of carbonyl (C=O) groups excluding carboxylic acids is 1. The summed E-state index contributed by atoms with van der Waals surface area (Å²) < 4.78 is 0. The van der Waals surface area contributed by atoms with E-state index >= 15 is 0 Å². The van der Waals surface area contributed by atoms with Gasteiger partial charge >= 0.3 is 0 Å². The zero-order valence-corrected chi connectivity index (χ0v) is 12.8. The lowest BCUT2D eigenvalue weighted by molar-refractivity contribution is -0.116. The number of rotatable bonds is 4. The van der Waals surface area contributed by atoms with Crippen molar-refractivity contribution in [3.8, 4) is 11.3 Å².